The predicted octanol–water partition coefficient (Wildman–Crippen LogP) is 2.85. The number of phenols is 2. The van der Waals surface area contributed by atoms with Gasteiger partial charge in [-0.1, -0.05) is 30.4 Å². The Morgan fingerprint density at radius 1 is 0.611 bits per heavy atom. The van der Waals surface area contributed by atoms with Crippen molar-refractivity contribution in [2.24, 2.45) is 0 Å². The van der Waals surface area contributed by atoms with Gasteiger partial charge in [0, 0.05) is 11.1 Å². The smallest absolute Gasteiger partial charge is 0.163 e. The van der Waals surface area contributed by atoms with Gasteiger partial charge in [-0.3, -0.25) is 0 Å². The minimum atomic E-state index is -0.768. The van der Waals surface area contributed by atoms with Crippen LogP contribution < -0.4 is 18.9 Å². The van der Waals surface area contributed by atoms with Crippen molar-refractivity contribution < 1.29 is 44.5 Å². The zero-order chi connectivity index (χ0) is 25.2. The lowest BCUT2D eigenvalue weighted by molar-refractivity contribution is -0.0174. The number of aromatic hydroxyl groups is 2. The molecule has 9 nitrogen and oxygen atoms in total. The molecule has 5 rings (SSSR count). The Morgan fingerprint density at radius 2 is 1.19 bits per heavy atom. The molecule has 0 spiro atoms. The van der Waals surface area contributed by atoms with E-state index in [1.807, 2.05) is 6.07 Å². The highest BCUT2D eigenvalue weighted by molar-refractivity contribution is 5.57. The SMILES string of the molecule is OC/C=C/c1ccc2c(c1)O[C@@H](c1ccc3c(c1)O[C@H](CO)[C@@H](c1ccc(O)c(O)c1)O3)[C@@H](CO)O2. The van der Waals surface area contributed by atoms with Crippen molar-refractivity contribution >= 4 is 6.08 Å². The first-order valence-corrected chi connectivity index (χ1v) is 11.5. The lowest BCUT2D eigenvalue weighted by Crippen LogP contribution is -2.37. The summed E-state index contributed by atoms with van der Waals surface area (Å²) in [5.41, 5.74) is 2.04. The van der Waals surface area contributed by atoms with E-state index >= 15 is 0 Å². The van der Waals surface area contributed by atoms with Gasteiger partial charge in [0.15, 0.2) is 58.9 Å². The van der Waals surface area contributed by atoms with Crippen LogP contribution in [0.15, 0.2) is 60.7 Å². The van der Waals surface area contributed by atoms with Crippen LogP contribution in [0.2, 0.25) is 0 Å². The van der Waals surface area contributed by atoms with Gasteiger partial charge in [-0.05, 0) is 42.0 Å². The summed E-state index contributed by atoms with van der Waals surface area (Å²) in [5.74, 6) is 1.26. The monoisotopic (exact) mass is 494 g/mol. The molecule has 0 aromatic heterocycles. The third kappa shape index (κ3) is 4.51. The van der Waals surface area contributed by atoms with Crippen molar-refractivity contribution in [1.82, 2.24) is 0 Å². The van der Waals surface area contributed by atoms with Gasteiger partial charge in [-0.25, -0.2) is 0 Å². The van der Waals surface area contributed by atoms with Crippen molar-refractivity contribution in [2.75, 3.05) is 19.8 Å². The normalized spacial score (nSPS) is 22.5. The fourth-order valence-electron chi connectivity index (χ4n) is 4.32. The molecule has 5 N–H and O–H groups in total. The predicted molar refractivity (Wildman–Crippen MR) is 129 cm³/mol. The topological polar surface area (TPSA) is 138 Å². The molecule has 0 bridgehead atoms. The molecule has 9 heteroatoms. The molecule has 2 heterocycles. The number of rotatable bonds is 6. The standard InChI is InChI=1S/C27H26O9/c28-9-1-2-15-3-7-20-22(10-15)36-27(24(13-29)33-20)17-5-8-21-23(12-17)34-25(14-30)26(35-21)16-4-6-18(31)19(32)11-16/h1-8,10-12,24-32H,9,13-14H2/b2-1+/t24-,25-,26-,27+/m1/s1. The van der Waals surface area contributed by atoms with Gasteiger partial charge >= 0.3 is 0 Å². The second-order valence-electron chi connectivity index (χ2n) is 8.50. The zero-order valence-corrected chi connectivity index (χ0v) is 19.2. The highest BCUT2D eigenvalue weighted by atomic mass is 16.6. The highest BCUT2D eigenvalue weighted by Crippen LogP contribution is 2.45. The number of phenolic OH excluding ortho intramolecular Hbond substituents is 2. The Morgan fingerprint density at radius 3 is 1.89 bits per heavy atom. The first-order chi connectivity index (χ1) is 17.5. The van der Waals surface area contributed by atoms with E-state index in [0.29, 0.717) is 34.1 Å². The number of hydrogen-bond donors (Lipinski definition) is 5. The Hall–Kier alpha value is -3.92. The molecule has 2 aliphatic heterocycles. The number of benzene rings is 3. The van der Waals surface area contributed by atoms with E-state index in [9.17, 15) is 20.4 Å². The van der Waals surface area contributed by atoms with Crippen molar-refractivity contribution in [2.45, 2.75) is 24.4 Å². The minimum Gasteiger partial charge on any atom is -0.504 e. The van der Waals surface area contributed by atoms with Crippen LogP contribution in [-0.2, 0) is 0 Å². The summed E-state index contributed by atoms with van der Waals surface area (Å²) in [5, 5.41) is 48.4. The maximum absolute atomic E-state index is 9.97. The van der Waals surface area contributed by atoms with Gasteiger partial charge < -0.3 is 44.5 Å². The number of ether oxygens (including phenoxy) is 4. The van der Waals surface area contributed by atoms with Crippen LogP contribution in [0.25, 0.3) is 6.08 Å². The summed E-state index contributed by atoms with van der Waals surface area (Å²) in [6, 6.07) is 14.9. The summed E-state index contributed by atoms with van der Waals surface area (Å²) >= 11 is 0. The first kappa shape index (κ1) is 23.8. The number of fused-ring (bicyclic) bond motifs is 2. The largest absolute Gasteiger partial charge is 0.504 e. The highest BCUT2D eigenvalue weighted by Gasteiger charge is 2.36. The summed E-state index contributed by atoms with van der Waals surface area (Å²) < 4.78 is 24.3. The Balaban J connectivity index is 1.43. The molecule has 0 saturated carbocycles. The Labute approximate surface area is 207 Å². The molecule has 0 amide bonds. The van der Waals surface area contributed by atoms with Gasteiger partial charge in [0.1, 0.15) is 0 Å². The van der Waals surface area contributed by atoms with Crippen LogP contribution >= 0.6 is 0 Å². The molecule has 2 aliphatic rings. The number of hydrogen-bond acceptors (Lipinski definition) is 9. The fraction of sp³-hybridized carbons (Fsp3) is 0.259. The van der Waals surface area contributed by atoms with E-state index in [2.05, 4.69) is 0 Å². The number of aliphatic hydroxyl groups is 3. The summed E-state index contributed by atoms with van der Waals surface area (Å²) in [7, 11) is 0. The van der Waals surface area contributed by atoms with Crippen LogP contribution in [0.1, 0.15) is 28.9 Å². The fourth-order valence-corrected chi connectivity index (χ4v) is 4.32. The molecular formula is C27H26O9. The molecule has 0 saturated heterocycles. The second-order valence-corrected chi connectivity index (χ2v) is 8.50. The van der Waals surface area contributed by atoms with Crippen LogP contribution in [0.4, 0.5) is 0 Å². The van der Waals surface area contributed by atoms with Crippen LogP contribution in [0.3, 0.4) is 0 Å². The minimum absolute atomic E-state index is 0.0789. The van der Waals surface area contributed by atoms with E-state index in [4.69, 9.17) is 24.1 Å². The molecular weight excluding hydrogens is 468 g/mol. The molecule has 4 atom stereocenters. The molecule has 0 radical (unpaired) electrons. The number of aliphatic hydroxyl groups excluding tert-OH is 3. The van der Waals surface area contributed by atoms with Crippen molar-refractivity contribution in [3.8, 4) is 34.5 Å². The summed E-state index contributed by atoms with van der Waals surface area (Å²) in [6.45, 7) is -0.712. The maximum Gasteiger partial charge on any atom is 0.163 e. The first-order valence-electron chi connectivity index (χ1n) is 11.5. The van der Waals surface area contributed by atoms with Crippen molar-refractivity contribution in [3.63, 3.8) is 0 Å². The van der Waals surface area contributed by atoms with Gasteiger partial charge in [-0.2, -0.15) is 0 Å². The lowest BCUT2D eigenvalue weighted by atomic mass is 10.00. The quantitative estimate of drug-likeness (QED) is 0.328. The molecule has 0 unspecified atom stereocenters. The molecule has 0 fully saturated rings. The Bertz CT molecular complexity index is 1270. The third-order valence-corrected chi connectivity index (χ3v) is 6.11. The summed E-state index contributed by atoms with van der Waals surface area (Å²) in [6.07, 6.45) is 0.588. The zero-order valence-electron chi connectivity index (χ0n) is 19.2. The lowest BCUT2D eigenvalue weighted by Gasteiger charge is -2.36. The van der Waals surface area contributed by atoms with E-state index in [-0.39, 0.29) is 31.3 Å². The molecule has 188 valence electrons. The van der Waals surface area contributed by atoms with E-state index in [1.54, 1.807) is 48.6 Å². The van der Waals surface area contributed by atoms with Crippen molar-refractivity contribution in [3.05, 3.63) is 77.4 Å². The van der Waals surface area contributed by atoms with Gasteiger partial charge in [0.2, 0.25) is 0 Å². The molecule has 0 aliphatic carbocycles. The average Bonchev–Trinajstić information content (AvgIpc) is 2.91. The van der Waals surface area contributed by atoms with E-state index < -0.39 is 24.4 Å². The Kier molecular flexibility index (Phi) is 6.60. The van der Waals surface area contributed by atoms with Crippen molar-refractivity contribution in [1.29, 1.82) is 0 Å². The van der Waals surface area contributed by atoms with Gasteiger partial charge in [0.05, 0.1) is 19.8 Å². The van der Waals surface area contributed by atoms with E-state index in [1.165, 1.54) is 12.1 Å². The van der Waals surface area contributed by atoms with Gasteiger partial charge in [-0.15, -0.1) is 0 Å². The molecule has 36 heavy (non-hydrogen) atoms. The molecule has 3 aromatic rings. The van der Waals surface area contributed by atoms with Crippen LogP contribution in [0.5, 0.6) is 34.5 Å². The van der Waals surface area contributed by atoms with Crippen LogP contribution in [0, 0.1) is 0 Å². The van der Waals surface area contributed by atoms with E-state index in [0.717, 1.165) is 5.56 Å². The van der Waals surface area contributed by atoms with Gasteiger partial charge in [0.25, 0.3) is 0 Å². The maximum atomic E-state index is 9.97. The van der Waals surface area contributed by atoms with Crippen LogP contribution in [-0.4, -0.2) is 57.6 Å². The second kappa shape index (κ2) is 9.98. The molecule has 3 aromatic carbocycles. The third-order valence-electron chi connectivity index (χ3n) is 6.11. The summed E-state index contributed by atoms with van der Waals surface area (Å²) in [4.78, 5) is 0. The average molecular weight is 494 g/mol.